The summed E-state index contributed by atoms with van der Waals surface area (Å²) in [5, 5.41) is 50.7. The van der Waals surface area contributed by atoms with Crippen molar-refractivity contribution in [3.63, 3.8) is 0 Å². The van der Waals surface area contributed by atoms with E-state index in [1.54, 1.807) is 6.92 Å². The molecule has 9 atom stereocenters. The second-order valence-corrected chi connectivity index (χ2v) is 8.01. The Morgan fingerprint density at radius 1 is 1.22 bits per heavy atom. The summed E-state index contributed by atoms with van der Waals surface area (Å²) in [6, 6.07) is 0. The summed E-state index contributed by atoms with van der Waals surface area (Å²) >= 11 is 0. The lowest BCUT2D eigenvalue weighted by Gasteiger charge is -2.46. The normalized spacial score (nSPS) is 49.4. The molecule has 0 radical (unpaired) electrons. The third-order valence-electron chi connectivity index (χ3n) is 6.08. The third kappa shape index (κ3) is 3.59. The monoisotopic (exact) mass is 388 g/mol. The quantitative estimate of drug-likeness (QED) is 0.375. The molecule has 0 bridgehead atoms. The highest BCUT2D eigenvalue weighted by molar-refractivity contribution is 5.66. The topological polar surface area (TPSA) is 146 Å². The molecule has 2 aliphatic carbocycles. The van der Waals surface area contributed by atoms with Crippen molar-refractivity contribution in [2.24, 2.45) is 11.8 Å². The van der Waals surface area contributed by atoms with Gasteiger partial charge in [-0.25, -0.2) is 0 Å². The van der Waals surface area contributed by atoms with Crippen molar-refractivity contribution in [2.45, 2.75) is 75.0 Å². The number of ether oxygens (including phenoxy) is 3. The van der Waals surface area contributed by atoms with Crippen LogP contribution in [0.1, 0.15) is 33.1 Å². The Kier molecular flexibility index (Phi) is 5.55. The molecule has 0 amide bonds. The number of rotatable bonds is 4. The summed E-state index contributed by atoms with van der Waals surface area (Å²) in [5.74, 6) is -1.91. The first-order valence-electron chi connectivity index (χ1n) is 9.17. The van der Waals surface area contributed by atoms with Crippen LogP contribution in [-0.2, 0) is 19.0 Å². The van der Waals surface area contributed by atoms with Crippen LogP contribution < -0.4 is 0 Å². The fraction of sp³-hybridized carbons (Fsp3) is 0.833. The van der Waals surface area contributed by atoms with E-state index in [4.69, 9.17) is 14.2 Å². The van der Waals surface area contributed by atoms with Gasteiger partial charge in [0.25, 0.3) is 0 Å². The summed E-state index contributed by atoms with van der Waals surface area (Å²) in [6.07, 6.45) is -2.50. The second kappa shape index (κ2) is 7.31. The number of hydrogen-bond donors (Lipinski definition) is 5. The Bertz CT molecular complexity index is 593. The Labute approximate surface area is 157 Å². The van der Waals surface area contributed by atoms with Crippen molar-refractivity contribution >= 4 is 5.97 Å². The molecule has 3 aliphatic rings. The maximum Gasteiger partial charge on any atom is 0.303 e. The van der Waals surface area contributed by atoms with Gasteiger partial charge in [-0.3, -0.25) is 4.79 Å². The van der Waals surface area contributed by atoms with Gasteiger partial charge >= 0.3 is 5.97 Å². The van der Waals surface area contributed by atoms with E-state index in [0.717, 1.165) is 0 Å². The third-order valence-corrected chi connectivity index (χ3v) is 6.08. The molecule has 0 unspecified atom stereocenters. The minimum absolute atomic E-state index is 0.0922. The maximum absolute atomic E-state index is 11.6. The minimum atomic E-state index is -1.48. The van der Waals surface area contributed by atoms with Gasteiger partial charge in [-0.15, -0.1) is 0 Å². The number of fused-ring (bicyclic) bond motifs is 1. The molecule has 9 heteroatoms. The van der Waals surface area contributed by atoms with Crippen LogP contribution >= 0.6 is 0 Å². The lowest BCUT2D eigenvalue weighted by atomic mass is 9.79. The zero-order valence-corrected chi connectivity index (χ0v) is 15.4. The smallest absolute Gasteiger partial charge is 0.303 e. The van der Waals surface area contributed by atoms with Gasteiger partial charge in [0, 0.05) is 19.4 Å². The SMILES string of the molecule is CC(=O)O[C@@]1(C)CC[C@]2(O)C=CO[C@@H](O[C@@H]3C[C@H](CO)[C@@H](O)[C@H](O)[C@H]3O)[C@@H]21. The van der Waals surface area contributed by atoms with E-state index in [2.05, 4.69) is 0 Å². The number of aliphatic hydroxyl groups excluding tert-OH is 4. The number of hydrogen-bond acceptors (Lipinski definition) is 9. The van der Waals surface area contributed by atoms with Gasteiger partial charge in [-0.05, 0) is 32.3 Å². The lowest BCUT2D eigenvalue weighted by Crippen LogP contribution is -2.59. The summed E-state index contributed by atoms with van der Waals surface area (Å²) < 4.78 is 16.9. The first-order chi connectivity index (χ1) is 12.6. The standard InChI is InChI=1S/C18H28O9/c1-9(20)27-17(2)3-4-18(24)5-6-25-16(15(17)18)26-11-7-10(8-19)12(21)14(23)13(11)22/h5-6,10-16,19,21-24H,3-4,7-8H2,1-2H3/t10-,11-,12-,13+,14+,15-,16+,17+,18+/m1/s1. The Hall–Kier alpha value is -1.23. The predicted molar refractivity (Wildman–Crippen MR) is 89.9 cm³/mol. The molecule has 0 aromatic heterocycles. The molecule has 0 aromatic carbocycles. The van der Waals surface area contributed by atoms with Crippen LogP contribution in [0.15, 0.2) is 12.3 Å². The van der Waals surface area contributed by atoms with Gasteiger partial charge in [-0.1, -0.05) is 0 Å². The zero-order valence-electron chi connectivity index (χ0n) is 15.4. The van der Waals surface area contributed by atoms with Crippen LogP contribution in [0.25, 0.3) is 0 Å². The predicted octanol–water partition coefficient (Wildman–Crippen LogP) is -1.20. The van der Waals surface area contributed by atoms with E-state index < -0.39 is 59.7 Å². The molecule has 1 aliphatic heterocycles. The summed E-state index contributed by atoms with van der Waals surface area (Å²) in [7, 11) is 0. The molecule has 3 rings (SSSR count). The molecule has 0 aromatic rings. The van der Waals surface area contributed by atoms with Crippen molar-refractivity contribution in [1.29, 1.82) is 0 Å². The summed E-state index contributed by atoms with van der Waals surface area (Å²) in [5.41, 5.74) is -2.34. The molecular formula is C18H28O9. The van der Waals surface area contributed by atoms with Gasteiger partial charge in [0.1, 0.15) is 17.8 Å². The molecule has 154 valence electrons. The summed E-state index contributed by atoms with van der Waals surface area (Å²) in [6.45, 7) is 2.60. The lowest BCUT2D eigenvalue weighted by molar-refractivity contribution is -0.272. The second-order valence-electron chi connectivity index (χ2n) is 8.01. The molecule has 0 saturated heterocycles. The molecule has 2 fully saturated rings. The molecule has 5 N–H and O–H groups in total. The number of aliphatic hydroxyl groups is 5. The van der Waals surface area contributed by atoms with Crippen LogP contribution in [-0.4, -0.2) is 80.0 Å². The first kappa shape index (κ1) is 20.5. The molecule has 1 heterocycles. The van der Waals surface area contributed by atoms with Gasteiger partial charge in [-0.2, -0.15) is 0 Å². The van der Waals surface area contributed by atoms with E-state index in [9.17, 15) is 30.3 Å². The van der Waals surface area contributed by atoms with Gasteiger partial charge in [0.2, 0.25) is 6.29 Å². The molecule has 9 nitrogen and oxygen atoms in total. The zero-order chi connectivity index (χ0) is 20.0. The number of carbonyl (C=O) groups excluding carboxylic acids is 1. The Morgan fingerprint density at radius 2 is 1.93 bits per heavy atom. The summed E-state index contributed by atoms with van der Waals surface area (Å²) in [4.78, 5) is 11.6. The van der Waals surface area contributed by atoms with Crippen LogP contribution in [0, 0.1) is 11.8 Å². The highest BCUT2D eigenvalue weighted by atomic mass is 16.7. The Morgan fingerprint density at radius 3 is 2.56 bits per heavy atom. The minimum Gasteiger partial charge on any atom is -0.472 e. The molecular weight excluding hydrogens is 360 g/mol. The molecule has 0 spiro atoms. The van der Waals surface area contributed by atoms with E-state index in [1.165, 1.54) is 19.3 Å². The first-order valence-corrected chi connectivity index (χ1v) is 9.17. The van der Waals surface area contributed by atoms with E-state index >= 15 is 0 Å². The van der Waals surface area contributed by atoms with Crippen molar-refractivity contribution in [3.05, 3.63) is 12.3 Å². The van der Waals surface area contributed by atoms with Gasteiger partial charge in [0.05, 0.1) is 30.0 Å². The average Bonchev–Trinajstić information content (AvgIpc) is 2.86. The van der Waals surface area contributed by atoms with Crippen LogP contribution in [0.2, 0.25) is 0 Å². The fourth-order valence-electron chi connectivity index (χ4n) is 4.63. The average molecular weight is 388 g/mol. The largest absolute Gasteiger partial charge is 0.472 e. The maximum atomic E-state index is 11.6. The van der Waals surface area contributed by atoms with Crippen molar-refractivity contribution in [3.8, 4) is 0 Å². The van der Waals surface area contributed by atoms with E-state index in [0.29, 0.717) is 12.8 Å². The van der Waals surface area contributed by atoms with Crippen LogP contribution in [0.4, 0.5) is 0 Å². The highest BCUT2D eigenvalue weighted by Gasteiger charge is 2.61. The number of carbonyl (C=O) groups is 1. The van der Waals surface area contributed by atoms with Crippen molar-refractivity contribution in [2.75, 3.05) is 6.61 Å². The molecule has 27 heavy (non-hydrogen) atoms. The molecule has 2 saturated carbocycles. The van der Waals surface area contributed by atoms with E-state index in [-0.39, 0.29) is 13.0 Å². The van der Waals surface area contributed by atoms with Crippen molar-refractivity contribution < 1.29 is 44.5 Å². The van der Waals surface area contributed by atoms with Crippen molar-refractivity contribution in [1.82, 2.24) is 0 Å². The fourth-order valence-corrected chi connectivity index (χ4v) is 4.63. The van der Waals surface area contributed by atoms with Crippen LogP contribution in [0.5, 0.6) is 0 Å². The Balaban J connectivity index is 1.83. The van der Waals surface area contributed by atoms with Gasteiger partial charge < -0.3 is 39.7 Å². The van der Waals surface area contributed by atoms with Gasteiger partial charge in [0.15, 0.2) is 0 Å². The van der Waals surface area contributed by atoms with Crippen LogP contribution in [0.3, 0.4) is 0 Å². The highest BCUT2D eigenvalue weighted by Crippen LogP contribution is 2.51. The van der Waals surface area contributed by atoms with E-state index in [1.807, 2.05) is 0 Å². The number of esters is 1.